The van der Waals surface area contributed by atoms with E-state index in [9.17, 15) is 14.3 Å². The van der Waals surface area contributed by atoms with Crippen molar-refractivity contribution in [1.82, 2.24) is 15.6 Å². The number of carboxylic acid groups (broad SMARTS) is 1. The number of benzene rings is 1. The first-order chi connectivity index (χ1) is 15.6. The van der Waals surface area contributed by atoms with Gasteiger partial charge in [0.1, 0.15) is 23.5 Å². The van der Waals surface area contributed by atoms with E-state index < -0.39 is 17.9 Å². The van der Waals surface area contributed by atoms with E-state index in [1.807, 2.05) is 0 Å². The van der Waals surface area contributed by atoms with E-state index in [1.165, 1.54) is 18.4 Å². The molecule has 0 aliphatic carbocycles. The van der Waals surface area contributed by atoms with Crippen molar-refractivity contribution in [3.8, 4) is 11.3 Å². The predicted octanol–water partition coefficient (Wildman–Crippen LogP) is 4.63. The highest BCUT2D eigenvalue weighted by Gasteiger charge is 2.40. The molecule has 0 spiro atoms. The van der Waals surface area contributed by atoms with Crippen LogP contribution in [-0.4, -0.2) is 34.7 Å². The summed E-state index contributed by atoms with van der Waals surface area (Å²) in [6.07, 6.45) is 3.88. The highest BCUT2D eigenvalue weighted by Crippen LogP contribution is 2.36. The molecule has 4 rings (SSSR count). The number of halogens is 1. The molecule has 1 amide bonds. The summed E-state index contributed by atoms with van der Waals surface area (Å²) in [5.74, 6) is -0.776. The van der Waals surface area contributed by atoms with E-state index in [4.69, 9.17) is 18.5 Å². The molecule has 9 nitrogen and oxygen atoms in total. The molecule has 2 aromatic heterocycles. The summed E-state index contributed by atoms with van der Waals surface area (Å²) in [7, 11) is 0. The van der Waals surface area contributed by atoms with Crippen molar-refractivity contribution in [3.05, 3.63) is 59.9 Å². The van der Waals surface area contributed by atoms with Gasteiger partial charge in [0.25, 0.3) is 0 Å². The van der Waals surface area contributed by atoms with Crippen LogP contribution in [0.1, 0.15) is 49.5 Å². The van der Waals surface area contributed by atoms with E-state index >= 15 is 0 Å². The van der Waals surface area contributed by atoms with Crippen molar-refractivity contribution in [1.29, 1.82) is 0 Å². The number of aromatic nitrogens is 2. The van der Waals surface area contributed by atoms with E-state index in [2.05, 4.69) is 15.6 Å². The van der Waals surface area contributed by atoms with Gasteiger partial charge in [0, 0.05) is 24.1 Å². The Morgan fingerprint density at radius 3 is 2.59 bits per heavy atom. The summed E-state index contributed by atoms with van der Waals surface area (Å²) in [4.78, 5) is 11.3. The fourth-order valence-corrected chi connectivity index (χ4v) is 3.81. The lowest BCUT2D eigenvalue weighted by molar-refractivity contribution is -0.175. The fraction of sp³-hybridized carbons (Fsp3) is 0.409. The average molecular weight is 445 g/mol. The van der Waals surface area contributed by atoms with Gasteiger partial charge in [-0.2, -0.15) is 0 Å². The average Bonchev–Trinajstić information content (AvgIpc) is 3.55. The lowest BCUT2D eigenvalue weighted by atomic mass is 10.0. The van der Waals surface area contributed by atoms with Gasteiger partial charge in [-0.15, -0.1) is 0 Å². The van der Waals surface area contributed by atoms with Crippen LogP contribution in [0, 0.1) is 5.82 Å². The lowest BCUT2D eigenvalue weighted by Crippen LogP contribution is -2.28. The molecule has 1 fully saturated rings. The highest BCUT2D eigenvalue weighted by molar-refractivity contribution is 5.65. The molecule has 1 saturated heterocycles. The maximum absolute atomic E-state index is 13.1. The van der Waals surface area contributed by atoms with Crippen LogP contribution in [0.2, 0.25) is 0 Å². The summed E-state index contributed by atoms with van der Waals surface area (Å²) in [5.41, 5.74) is 1.76. The van der Waals surface area contributed by atoms with Crippen LogP contribution in [0.3, 0.4) is 0 Å². The van der Waals surface area contributed by atoms with Crippen LogP contribution >= 0.6 is 0 Å². The number of nitrogens with zero attached hydrogens (tertiary/aromatic N) is 2. The third kappa shape index (κ3) is 5.14. The van der Waals surface area contributed by atoms with Crippen molar-refractivity contribution < 1.29 is 32.8 Å². The molecule has 32 heavy (non-hydrogen) atoms. The standard InChI is InChI=1S/C22H24FN3O6/c23-16-7-5-15(6-8-16)19-14-18(25-32-19)17(24-21(27)28)4-2-1-3-10-22(29-12-13-30-22)20-9-11-31-26-20/h5-9,11,14,17,24H,1-4,10,12-13H2,(H,27,28). The van der Waals surface area contributed by atoms with Crippen molar-refractivity contribution in [2.45, 2.75) is 43.9 Å². The zero-order valence-electron chi connectivity index (χ0n) is 17.3. The lowest BCUT2D eigenvalue weighted by Gasteiger charge is -2.24. The maximum Gasteiger partial charge on any atom is 0.405 e. The van der Waals surface area contributed by atoms with E-state index in [1.54, 1.807) is 24.3 Å². The summed E-state index contributed by atoms with van der Waals surface area (Å²) in [6, 6.07) is 8.71. The molecule has 0 radical (unpaired) electrons. The first-order valence-electron chi connectivity index (χ1n) is 10.5. The zero-order valence-corrected chi connectivity index (χ0v) is 17.3. The van der Waals surface area contributed by atoms with Crippen molar-refractivity contribution in [2.75, 3.05) is 13.2 Å². The molecule has 1 aliphatic rings. The molecule has 3 heterocycles. The van der Waals surface area contributed by atoms with Gasteiger partial charge in [0.2, 0.25) is 5.79 Å². The smallest absolute Gasteiger partial charge is 0.405 e. The molecule has 0 saturated carbocycles. The largest absolute Gasteiger partial charge is 0.465 e. The number of carbonyl (C=O) groups is 1. The predicted molar refractivity (Wildman–Crippen MR) is 109 cm³/mol. The normalized spacial score (nSPS) is 16.2. The van der Waals surface area contributed by atoms with Gasteiger partial charge in [-0.25, -0.2) is 9.18 Å². The molecule has 10 heteroatoms. The second-order valence-electron chi connectivity index (χ2n) is 7.56. The van der Waals surface area contributed by atoms with Gasteiger partial charge in [-0.05, 0) is 37.1 Å². The Morgan fingerprint density at radius 2 is 1.91 bits per heavy atom. The van der Waals surface area contributed by atoms with Gasteiger partial charge in [0.15, 0.2) is 5.76 Å². The van der Waals surface area contributed by atoms with Crippen LogP contribution in [-0.2, 0) is 15.3 Å². The molecule has 0 bridgehead atoms. The van der Waals surface area contributed by atoms with Crippen LogP contribution in [0.25, 0.3) is 11.3 Å². The molecule has 1 aliphatic heterocycles. The third-order valence-electron chi connectivity index (χ3n) is 5.39. The monoisotopic (exact) mass is 445 g/mol. The molecule has 1 unspecified atom stereocenters. The first kappa shape index (κ1) is 22.0. The summed E-state index contributed by atoms with van der Waals surface area (Å²) >= 11 is 0. The molecule has 1 aromatic carbocycles. The number of hydrogen-bond donors (Lipinski definition) is 2. The van der Waals surface area contributed by atoms with Gasteiger partial charge < -0.3 is 28.9 Å². The SMILES string of the molecule is O=C(O)NC(CCCCCC1(c2ccon2)OCCO1)c1cc(-c2ccc(F)cc2)on1. The minimum Gasteiger partial charge on any atom is -0.465 e. The molecular weight excluding hydrogens is 421 g/mol. The third-order valence-corrected chi connectivity index (χ3v) is 5.39. The zero-order chi connectivity index (χ0) is 22.4. The number of rotatable bonds is 10. The van der Waals surface area contributed by atoms with Gasteiger partial charge in [-0.1, -0.05) is 23.2 Å². The Labute approximate surface area is 183 Å². The summed E-state index contributed by atoms with van der Waals surface area (Å²) < 4.78 is 35.0. The first-order valence-corrected chi connectivity index (χ1v) is 10.5. The van der Waals surface area contributed by atoms with Crippen molar-refractivity contribution >= 4 is 6.09 Å². The Bertz CT molecular complexity index is 999. The van der Waals surface area contributed by atoms with Gasteiger partial charge in [-0.3, -0.25) is 0 Å². The fourth-order valence-electron chi connectivity index (χ4n) is 3.81. The van der Waals surface area contributed by atoms with Crippen LogP contribution in [0.15, 0.2) is 51.7 Å². The number of amides is 1. The summed E-state index contributed by atoms with van der Waals surface area (Å²) in [5, 5.41) is 19.7. The van der Waals surface area contributed by atoms with Crippen LogP contribution in [0.4, 0.5) is 9.18 Å². The summed E-state index contributed by atoms with van der Waals surface area (Å²) in [6.45, 7) is 1.00. The van der Waals surface area contributed by atoms with E-state index in [-0.39, 0.29) is 5.82 Å². The Hall–Kier alpha value is -3.24. The Kier molecular flexibility index (Phi) is 6.81. The second kappa shape index (κ2) is 9.92. The number of unbranched alkanes of at least 4 members (excludes halogenated alkanes) is 2. The van der Waals surface area contributed by atoms with E-state index in [0.717, 1.165) is 19.3 Å². The molecule has 2 N–H and O–H groups in total. The molecule has 3 aromatic rings. The van der Waals surface area contributed by atoms with Gasteiger partial charge in [0.05, 0.1) is 19.3 Å². The topological polar surface area (TPSA) is 120 Å². The number of ether oxygens (including phenoxy) is 2. The second-order valence-corrected chi connectivity index (χ2v) is 7.56. The minimum atomic E-state index is -1.14. The number of hydrogen-bond acceptors (Lipinski definition) is 7. The van der Waals surface area contributed by atoms with E-state index in [0.29, 0.717) is 48.8 Å². The quantitative estimate of drug-likeness (QED) is 0.434. The van der Waals surface area contributed by atoms with Crippen molar-refractivity contribution in [3.63, 3.8) is 0 Å². The van der Waals surface area contributed by atoms with Crippen LogP contribution in [0.5, 0.6) is 0 Å². The molecule has 170 valence electrons. The molecule has 1 atom stereocenters. The van der Waals surface area contributed by atoms with Gasteiger partial charge >= 0.3 is 6.09 Å². The number of nitrogens with one attached hydrogen (secondary N) is 1. The minimum absolute atomic E-state index is 0.349. The maximum atomic E-state index is 13.1. The Balaban J connectivity index is 1.33. The molecular formula is C22H24FN3O6. The van der Waals surface area contributed by atoms with Crippen molar-refractivity contribution in [2.24, 2.45) is 0 Å². The Morgan fingerprint density at radius 1 is 1.12 bits per heavy atom. The highest BCUT2D eigenvalue weighted by atomic mass is 19.1. The van der Waals surface area contributed by atoms with Crippen LogP contribution < -0.4 is 5.32 Å².